The highest BCUT2D eigenvalue weighted by Crippen LogP contribution is 2.18. The third-order valence-corrected chi connectivity index (χ3v) is 2.06. The van der Waals surface area contributed by atoms with Crippen LogP contribution in [0.5, 0.6) is 11.6 Å². The predicted octanol–water partition coefficient (Wildman–Crippen LogP) is 2.13. The van der Waals surface area contributed by atoms with Crippen LogP contribution in [0, 0.1) is 5.82 Å². The predicted molar refractivity (Wildman–Crippen MR) is 61.3 cm³/mol. The molecule has 4 nitrogen and oxygen atoms in total. The molecular weight excluding hydrogens is 221 g/mol. The van der Waals surface area contributed by atoms with E-state index >= 15 is 0 Å². The Morgan fingerprint density at radius 1 is 1.29 bits per heavy atom. The Balaban J connectivity index is 2.08. The Kier molecular flexibility index (Phi) is 3.62. The third kappa shape index (κ3) is 3.22. The average molecular weight is 233 g/mol. The van der Waals surface area contributed by atoms with E-state index in [-0.39, 0.29) is 5.82 Å². The minimum Gasteiger partial charge on any atom is -0.437 e. The highest BCUT2D eigenvalue weighted by atomic mass is 19.1. The molecule has 0 unspecified atom stereocenters. The number of aromatic nitrogens is 2. The van der Waals surface area contributed by atoms with Gasteiger partial charge < -0.3 is 10.1 Å². The van der Waals surface area contributed by atoms with Crippen molar-refractivity contribution >= 4 is 0 Å². The topological polar surface area (TPSA) is 47.0 Å². The maximum atomic E-state index is 12.9. The summed E-state index contributed by atoms with van der Waals surface area (Å²) >= 11 is 0. The minimum atomic E-state index is -0.345. The fraction of sp³-hybridized carbons (Fsp3) is 0.167. The molecule has 0 aliphatic heterocycles. The van der Waals surface area contributed by atoms with E-state index in [1.165, 1.54) is 18.3 Å². The monoisotopic (exact) mass is 233 g/mol. The zero-order valence-electron chi connectivity index (χ0n) is 9.35. The summed E-state index contributed by atoms with van der Waals surface area (Å²) in [5, 5.41) is 2.97. The standard InChI is InChI=1S/C12H12FN3O/c1-14-6-10-7-16-12(8-15-10)17-11-4-2-3-9(13)5-11/h2-5,7-8,14H,6H2,1H3. The van der Waals surface area contributed by atoms with Crippen LogP contribution in [0.2, 0.25) is 0 Å². The van der Waals surface area contributed by atoms with Gasteiger partial charge in [0.05, 0.1) is 18.1 Å². The molecule has 0 bridgehead atoms. The van der Waals surface area contributed by atoms with Crippen molar-refractivity contribution in [1.29, 1.82) is 0 Å². The Hall–Kier alpha value is -2.01. The molecule has 5 heteroatoms. The number of halogens is 1. The van der Waals surface area contributed by atoms with Crippen LogP contribution in [0.4, 0.5) is 4.39 Å². The van der Waals surface area contributed by atoms with Gasteiger partial charge in [-0.1, -0.05) is 6.07 Å². The summed E-state index contributed by atoms with van der Waals surface area (Å²) in [7, 11) is 1.83. The molecule has 1 aromatic heterocycles. The Bertz CT molecular complexity index is 487. The number of hydrogen-bond acceptors (Lipinski definition) is 4. The minimum absolute atomic E-state index is 0.343. The lowest BCUT2D eigenvalue weighted by Gasteiger charge is -2.04. The van der Waals surface area contributed by atoms with Crippen molar-refractivity contribution in [3.8, 4) is 11.6 Å². The number of hydrogen-bond donors (Lipinski definition) is 1. The zero-order valence-corrected chi connectivity index (χ0v) is 9.35. The molecular formula is C12H12FN3O. The smallest absolute Gasteiger partial charge is 0.237 e. The van der Waals surface area contributed by atoms with E-state index < -0.39 is 0 Å². The van der Waals surface area contributed by atoms with E-state index in [0.717, 1.165) is 5.69 Å². The lowest BCUT2D eigenvalue weighted by Crippen LogP contribution is -2.07. The first-order chi connectivity index (χ1) is 8.28. The first kappa shape index (κ1) is 11.5. The van der Waals surface area contributed by atoms with Gasteiger partial charge in [-0.15, -0.1) is 0 Å². The second-order valence-electron chi connectivity index (χ2n) is 3.44. The molecule has 0 saturated heterocycles. The summed E-state index contributed by atoms with van der Waals surface area (Å²) < 4.78 is 18.3. The molecule has 88 valence electrons. The Labute approximate surface area is 98.5 Å². The fourth-order valence-electron chi connectivity index (χ4n) is 1.32. The molecule has 1 heterocycles. The van der Waals surface area contributed by atoms with Crippen LogP contribution in [0.1, 0.15) is 5.69 Å². The molecule has 0 spiro atoms. The highest BCUT2D eigenvalue weighted by Gasteiger charge is 2.01. The normalized spacial score (nSPS) is 10.2. The largest absolute Gasteiger partial charge is 0.437 e. The van der Waals surface area contributed by atoms with Crippen molar-refractivity contribution < 1.29 is 9.13 Å². The molecule has 0 fully saturated rings. The van der Waals surface area contributed by atoms with Gasteiger partial charge in [-0.05, 0) is 19.2 Å². The van der Waals surface area contributed by atoms with Crippen molar-refractivity contribution in [2.24, 2.45) is 0 Å². The number of nitrogens with zero attached hydrogens (tertiary/aromatic N) is 2. The van der Waals surface area contributed by atoms with Crippen LogP contribution in [-0.2, 0) is 6.54 Å². The van der Waals surface area contributed by atoms with E-state index in [0.29, 0.717) is 18.2 Å². The van der Waals surface area contributed by atoms with Crippen molar-refractivity contribution in [2.75, 3.05) is 7.05 Å². The number of benzene rings is 1. The zero-order chi connectivity index (χ0) is 12.1. The maximum absolute atomic E-state index is 12.9. The van der Waals surface area contributed by atoms with E-state index in [1.54, 1.807) is 18.3 Å². The summed E-state index contributed by atoms with van der Waals surface area (Å²) in [5.74, 6) is 0.401. The van der Waals surface area contributed by atoms with Gasteiger partial charge >= 0.3 is 0 Å². The second kappa shape index (κ2) is 5.36. The first-order valence-corrected chi connectivity index (χ1v) is 5.17. The molecule has 1 aromatic carbocycles. The number of ether oxygens (including phenoxy) is 1. The summed E-state index contributed by atoms with van der Waals surface area (Å²) in [6, 6.07) is 5.89. The van der Waals surface area contributed by atoms with Crippen LogP contribution < -0.4 is 10.1 Å². The Morgan fingerprint density at radius 3 is 2.82 bits per heavy atom. The van der Waals surface area contributed by atoms with E-state index in [9.17, 15) is 4.39 Å². The van der Waals surface area contributed by atoms with Crippen LogP contribution in [0.25, 0.3) is 0 Å². The van der Waals surface area contributed by atoms with Crippen LogP contribution in [-0.4, -0.2) is 17.0 Å². The molecule has 17 heavy (non-hydrogen) atoms. The second-order valence-corrected chi connectivity index (χ2v) is 3.44. The van der Waals surface area contributed by atoms with Crippen molar-refractivity contribution in [1.82, 2.24) is 15.3 Å². The van der Waals surface area contributed by atoms with E-state index in [4.69, 9.17) is 4.74 Å². The SMILES string of the molecule is CNCc1cnc(Oc2cccc(F)c2)cn1. The quantitative estimate of drug-likeness (QED) is 0.878. The lowest BCUT2D eigenvalue weighted by atomic mass is 10.3. The third-order valence-electron chi connectivity index (χ3n) is 2.06. The fourth-order valence-corrected chi connectivity index (χ4v) is 1.32. The van der Waals surface area contributed by atoms with Crippen LogP contribution in [0.15, 0.2) is 36.7 Å². The van der Waals surface area contributed by atoms with Crippen LogP contribution >= 0.6 is 0 Å². The van der Waals surface area contributed by atoms with Gasteiger partial charge in [0.1, 0.15) is 11.6 Å². The van der Waals surface area contributed by atoms with Gasteiger partial charge in [0, 0.05) is 12.6 Å². The molecule has 0 atom stereocenters. The summed E-state index contributed by atoms with van der Waals surface area (Å²) in [4.78, 5) is 8.22. The first-order valence-electron chi connectivity index (χ1n) is 5.17. The molecule has 2 aromatic rings. The number of rotatable bonds is 4. The maximum Gasteiger partial charge on any atom is 0.237 e. The molecule has 2 rings (SSSR count). The lowest BCUT2D eigenvalue weighted by molar-refractivity contribution is 0.454. The van der Waals surface area contributed by atoms with Gasteiger partial charge in [0.15, 0.2) is 0 Å². The average Bonchev–Trinajstić information content (AvgIpc) is 2.32. The molecule has 0 aliphatic carbocycles. The molecule has 0 saturated carbocycles. The van der Waals surface area contributed by atoms with Gasteiger partial charge in [0.2, 0.25) is 5.88 Å². The van der Waals surface area contributed by atoms with Crippen molar-refractivity contribution in [3.05, 3.63) is 48.2 Å². The molecule has 1 N–H and O–H groups in total. The van der Waals surface area contributed by atoms with E-state index in [1.807, 2.05) is 7.05 Å². The van der Waals surface area contributed by atoms with Gasteiger partial charge in [-0.2, -0.15) is 0 Å². The van der Waals surface area contributed by atoms with Crippen LogP contribution in [0.3, 0.4) is 0 Å². The van der Waals surface area contributed by atoms with Gasteiger partial charge in [-0.25, -0.2) is 9.37 Å². The van der Waals surface area contributed by atoms with Gasteiger partial charge in [0.25, 0.3) is 0 Å². The van der Waals surface area contributed by atoms with Gasteiger partial charge in [-0.3, -0.25) is 4.98 Å². The number of nitrogens with one attached hydrogen (secondary N) is 1. The van der Waals surface area contributed by atoms with E-state index in [2.05, 4.69) is 15.3 Å². The highest BCUT2D eigenvalue weighted by molar-refractivity contribution is 5.26. The van der Waals surface area contributed by atoms with Crippen molar-refractivity contribution in [3.63, 3.8) is 0 Å². The molecule has 0 amide bonds. The summed E-state index contributed by atoms with van der Waals surface area (Å²) in [6.45, 7) is 0.646. The Morgan fingerprint density at radius 2 is 2.18 bits per heavy atom. The summed E-state index contributed by atoms with van der Waals surface area (Å²) in [5.41, 5.74) is 0.819. The van der Waals surface area contributed by atoms with Crippen molar-refractivity contribution in [2.45, 2.75) is 6.54 Å². The molecule has 0 radical (unpaired) electrons. The summed E-state index contributed by atoms with van der Waals surface area (Å²) in [6.07, 6.45) is 3.13. The molecule has 0 aliphatic rings.